The molecule has 3 aromatic carbocycles. The number of aryl methyl sites for hydroxylation is 2. The monoisotopic (exact) mass is 534 g/mol. The molecule has 0 saturated heterocycles. The quantitative estimate of drug-likeness (QED) is 0.154. The minimum Gasteiger partial charge on any atom is -0.247 e. The number of aromatic nitrogens is 6. The first-order chi connectivity index (χ1) is 19.2. The third-order valence-corrected chi connectivity index (χ3v) is 6.43. The summed E-state index contributed by atoms with van der Waals surface area (Å²) in [6.45, 7) is 3.23. The lowest BCUT2D eigenvalue weighted by molar-refractivity contribution is 0.607. The van der Waals surface area contributed by atoms with Gasteiger partial charge in [0.15, 0.2) is 23.3 Å². The Kier molecular flexibility index (Phi) is 4.96. The standard InChI is InChI=1S/C26H6F4N10/c1-7-8(2)36-22-21(35-7)23-25(39-19-15(29)11(5-33)9(3-31)13(27)17(19)37-23)26-24(22)38-18-14(28)10(4-32)12(6-34)16(30)20(18)40-26/h1-2H3. The molecule has 0 bridgehead atoms. The van der Waals surface area contributed by atoms with Crippen molar-refractivity contribution in [3.8, 4) is 24.3 Å². The van der Waals surface area contributed by atoms with Crippen LogP contribution in [0.2, 0.25) is 0 Å². The highest BCUT2D eigenvalue weighted by atomic mass is 19.1. The number of nitrogens with zero attached hydrogens (tertiary/aromatic N) is 10. The summed E-state index contributed by atoms with van der Waals surface area (Å²) in [6.07, 6.45) is 0. The van der Waals surface area contributed by atoms with Gasteiger partial charge in [-0.3, -0.25) is 0 Å². The molecule has 10 nitrogen and oxygen atoms in total. The highest BCUT2D eigenvalue weighted by Crippen LogP contribution is 2.36. The van der Waals surface area contributed by atoms with E-state index in [1.165, 1.54) is 24.3 Å². The van der Waals surface area contributed by atoms with E-state index in [0.29, 0.717) is 11.4 Å². The van der Waals surface area contributed by atoms with Gasteiger partial charge in [-0.1, -0.05) is 0 Å². The second-order valence-electron chi connectivity index (χ2n) is 8.53. The van der Waals surface area contributed by atoms with E-state index < -0.39 is 67.6 Å². The van der Waals surface area contributed by atoms with Crippen LogP contribution in [0.5, 0.6) is 0 Å². The second kappa shape index (κ2) is 8.19. The largest absolute Gasteiger partial charge is 0.247 e. The summed E-state index contributed by atoms with van der Waals surface area (Å²) < 4.78 is 61.2. The Hall–Kier alpha value is -6.12. The van der Waals surface area contributed by atoms with E-state index in [-0.39, 0.29) is 33.1 Å². The van der Waals surface area contributed by atoms with Gasteiger partial charge in [0.25, 0.3) is 0 Å². The van der Waals surface area contributed by atoms with E-state index in [9.17, 15) is 21.0 Å². The number of fused-ring (bicyclic) bond motifs is 8. The van der Waals surface area contributed by atoms with Crippen molar-refractivity contribution in [2.45, 2.75) is 13.8 Å². The first-order valence-electron chi connectivity index (χ1n) is 11.1. The van der Waals surface area contributed by atoms with E-state index in [4.69, 9.17) is 0 Å². The number of hydrogen-bond acceptors (Lipinski definition) is 10. The topological polar surface area (TPSA) is 172 Å². The van der Waals surface area contributed by atoms with Crippen LogP contribution >= 0.6 is 0 Å². The molecular weight excluding hydrogens is 528 g/mol. The second-order valence-corrected chi connectivity index (χ2v) is 8.53. The van der Waals surface area contributed by atoms with Crippen LogP contribution in [0.25, 0.3) is 55.2 Å². The Balaban J connectivity index is 1.97. The summed E-state index contributed by atoms with van der Waals surface area (Å²) >= 11 is 0. The number of benzene rings is 3. The molecule has 188 valence electrons. The number of rotatable bonds is 0. The zero-order valence-electron chi connectivity index (χ0n) is 20.0. The van der Waals surface area contributed by atoms with Gasteiger partial charge in [0.1, 0.15) is 102 Å². The van der Waals surface area contributed by atoms with Gasteiger partial charge in [-0.25, -0.2) is 47.5 Å². The first kappa shape index (κ1) is 24.2. The van der Waals surface area contributed by atoms with Crippen LogP contribution in [-0.4, -0.2) is 29.9 Å². The third-order valence-electron chi connectivity index (χ3n) is 6.43. The fourth-order valence-electron chi connectivity index (χ4n) is 4.41. The number of hydrogen-bond donors (Lipinski definition) is 0. The molecule has 0 saturated carbocycles. The molecule has 6 aromatic rings. The van der Waals surface area contributed by atoms with Gasteiger partial charge in [-0.05, 0) is 13.8 Å². The Bertz CT molecular complexity index is 2220. The lowest BCUT2D eigenvalue weighted by Gasteiger charge is -2.12. The van der Waals surface area contributed by atoms with E-state index in [2.05, 4.69) is 29.9 Å². The van der Waals surface area contributed by atoms with Crippen LogP contribution in [0, 0.1) is 82.4 Å². The van der Waals surface area contributed by atoms with Crippen LogP contribution in [0.4, 0.5) is 17.6 Å². The molecule has 0 spiro atoms. The van der Waals surface area contributed by atoms with Gasteiger partial charge < -0.3 is 0 Å². The maximum absolute atomic E-state index is 15.3. The molecule has 3 aromatic heterocycles. The maximum atomic E-state index is 15.3. The molecule has 0 unspecified atom stereocenters. The Morgan fingerprint density at radius 1 is 0.375 bits per heavy atom. The molecular formula is C26H6F4N10. The molecule has 0 fully saturated rings. The van der Waals surface area contributed by atoms with Gasteiger partial charge in [0, 0.05) is 0 Å². The van der Waals surface area contributed by atoms with Crippen molar-refractivity contribution in [3.63, 3.8) is 0 Å². The summed E-state index contributed by atoms with van der Waals surface area (Å²) in [5.41, 5.74) is -6.51. The minimum atomic E-state index is -1.33. The molecule has 0 N–H and O–H groups in total. The number of nitriles is 4. The molecule has 6 rings (SSSR count). The van der Waals surface area contributed by atoms with E-state index >= 15 is 17.6 Å². The van der Waals surface area contributed by atoms with Gasteiger partial charge >= 0.3 is 0 Å². The van der Waals surface area contributed by atoms with Gasteiger partial charge in [-0.15, -0.1) is 0 Å². The zero-order valence-corrected chi connectivity index (χ0v) is 20.0. The smallest absolute Gasteiger partial charge is 0.170 e. The highest BCUT2D eigenvalue weighted by molar-refractivity contribution is 6.20. The third kappa shape index (κ3) is 2.93. The van der Waals surface area contributed by atoms with Crippen molar-refractivity contribution in [2.75, 3.05) is 0 Å². The van der Waals surface area contributed by atoms with Crippen molar-refractivity contribution in [2.24, 2.45) is 0 Å². The number of halogens is 4. The Morgan fingerprint density at radius 2 is 0.575 bits per heavy atom. The Labute approximate surface area is 219 Å². The van der Waals surface area contributed by atoms with E-state index in [1.54, 1.807) is 13.8 Å². The average Bonchev–Trinajstić information content (AvgIpc) is 2.96. The van der Waals surface area contributed by atoms with Crippen molar-refractivity contribution < 1.29 is 17.6 Å². The van der Waals surface area contributed by atoms with Crippen molar-refractivity contribution >= 4 is 55.2 Å². The molecule has 0 aliphatic heterocycles. The molecule has 0 aliphatic rings. The van der Waals surface area contributed by atoms with Crippen LogP contribution in [0.15, 0.2) is 0 Å². The summed E-state index contributed by atoms with van der Waals surface area (Å²) in [7, 11) is 0. The van der Waals surface area contributed by atoms with Crippen LogP contribution in [0.3, 0.4) is 0 Å². The molecule has 0 amide bonds. The maximum Gasteiger partial charge on any atom is 0.170 e. The van der Waals surface area contributed by atoms with Crippen molar-refractivity contribution in [1.82, 2.24) is 29.9 Å². The summed E-state index contributed by atoms with van der Waals surface area (Å²) in [4.78, 5) is 25.5. The molecule has 0 atom stereocenters. The van der Waals surface area contributed by atoms with Crippen LogP contribution in [0.1, 0.15) is 33.6 Å². The molecule has 0 aliphatic carbocycles. The summed E-state index contributed by atoms with van der Waals surface area (Å²) in [5.74, 6) is -5.26. The molecule has 40 heavy (non-hydrogen) atoms. The SMILES string of the molecule is Cc1nc2c(nc1C)c1nc3c(F)c(C#N)c(C#N)c(F)c3nc1c1nc3c(F)c(C#N)c(C#N)c(F)c3nc21. The first-order valence-corrected chi connectivity index (χ1v) is 11.1. The fourth-order valence-corrected chi connectivity index (χ4v) is 4.41. The molecule has 14 heteroatoms. The highest BCUT2D eigenvalue weighted by Gasteiger charge is 2.28. The minimum absolute atomic E-state index is 0.0219. The summed E-state index contributed by atoms with van der Waals surface area (Å²) in [5, 5.41) is 37.3. The lowest BCUT2D eigenvalue weighted by atomic mass is 10.0. The fraction of sp³-hybridized carbons (Fsp3) is 0.0769. The summed E-state index contributed by atoms with van der Waals surface area (Å²) in [6, 6.07) is 5.77. The zero-order chi connectivity index (χ0) is 28.6. The van der Waals surface area contributed by atoms with E-state index in [0.717, 1.165) is 0 Å². The molecule has 3 heterocycles. The normalized spacial score (nSPS) is 11.2. The molecule has 0 radical (unpaired) electrons. The Morgan fingerprint density at radius 3 is 0.775 bits per heavy atom. The van der Waals surface area contributed by atoms with Crippen molar-refractivity contribution in [1.29, 1.82) is 21.0 Å². The lowest BCUT2D eigenvalue weighted by Crippen LogP contribution is -2.06. The van der Waals surface area contributed by atoms with Gasteiger partial charge in [-0.2, -0.15) is 21.0 Å². The van der Waals surface area contributed by atoms with Gasteiger partial charge in [0.2, 0.25) is 0 Å². The predicted molar refractivity (Wildman–Crippen MR) is 129 cm³/mol. The predicted octanol–water partition coefficient (Wildman–Crippen LogP) is 4.48. The van der Waals surface area contributed by atoms with Crippen LogP contribution < -0.4 is 0 Å². The van der Waals surface area contributed by atoms with Gasteiger partial charge in [0.05, 0.1) is 11.4 Å². The van der Waals surface area contributed by atoms with E-state index in [1.807, 2.05) is 0 Å². The van der Waals surface area contributed by atoms with Crippen molar-refractivity contribution in [3.05, 3.63) is 56.9 Å². The van der Waals surface area contributed by atoms with Crippen LogP contribution in [-0.2, 0) is 0 Å². The average molecular weight is 534 g/mol.